The monoisotopic (exact) mass is 398 g/mol. The molecule has 5 heteroatoms. The van der Waals surface area contributed by atoms with Crippen LogP contribution in [0.2, 0.25) is 0 Å². The van der Waals surface area contributed by atoms with Crippen molar-refractivity contribution in [2.24, 2.45) is 0 Å². The zero-order valence-electron chi connectivity index (χ0n) is 14.1. The predicted molar refractivity (Wildman–Crippen MR) is 100 cm³/mol. The number of H-pyrrole nitrogens is 1. The fourth-order valence-corrected chi connectivity index (χ4v) is 3.37. The van der Waals surface area contributed by atoms with Crippen molar-refractivity contribution < 1.29 is 18.9 Å². The van der Waals surface area contributed by atoms with Crippen molar-refractivity contribution in [3.8, 4) is 34.2 Å². The van der Waals surface area contributed by atoms with Gasteiger partial charge in [-0.3, -0.25) is 0 Å². The van der Waals surface area contributed by atoms with Gasteiger partial charge in [-0.25, -0.2) is 0 Å². The zero-order valence-corrected chi connectivity index (χ0v) is 15.7. The molecule has 126 valence electrons. The maximum atomic E-state index is 6.01. The summed E-state index contributed by atoms with van der Waals surface area (Å²) in [6.07, 6.45) is 0. The van der Waals surface area contributed by atoms with Gasteiger partial charge in [0.1, 0.15) is 11.3 Å². The van der Waals surface area contributed by atoms with Crippen LogP contribution in [0.4, 0.5) is 0 Å². The number of ether oxygens (including phenoxy) is 2. The first-order chi connectivity index (χ1) is 12.1. The van der Waals surface area contributed by atoms with Gasteiger partial charge in [-0.1, -0.05) is 15.9 Å². The third kappa shape index (κ3) is 2.65. The molecule has 0 saturated heterocycles. The van der Waals surface area contributed by atoms with Crippen molar-refractivity contribution in [1.82, 2.24) is 0 Å². The highest BCUT2D eigenvalue weighted by atomic mass is 79.9. The van der Waals surface area contributed by atoms with Crippen molar-refractivity contribution >= 4 is 26.7 Å². The molecule has 0 atom stereocenters. The van der Waals surface area contributed by atoms with Crippen LogP contribution in [-0.4, -0.2) is 14.2 Å². The molecule has 1 N–H and O–H groups in total. The highest BCUT2D eigenvalue weighted by molar-refractivity contribution is 9.10. The van der Waals surface area contributed by atoms with Gasteiger partial charge >= 0.3 is 5.89 Å². The van der Waals surface area contributed by atoms with Crippen LogP contribution in [0.15, 0.2) is 51.4 Å². The summed E-state index contributed by atoms with van der Waals surface area (Å²) in [6.45, 7) is 1.95. The molecule has 2 aromatic rings. The van der Waals surface area contributed by atoms with Gasteiger partial charge in [0.15, 0.2) is 11.5 Å². The van der Waals surface area contributed by atoms with E-state index < -0.39 is 0 Å². The predicted octanol–water partition coefficient (Wildman–Crippen LogP) is 5.11. The first-order valence-electron chi connectivity index (χ1n) is 7.88. The molecule has 0 bridgehead atoms. The first-order valence-corrected chi connectivity index (χ1v) is 8.67. The lowest BCUT2D eigenvalue weighted by Crippen LogP contribution is -2.04. The maximum absolute atomic E-state index is 6.01. The van der Waals surface area contributed by atoms with Crippen molar-refractivity contribution in [3.63, 3.8) is 0 Å². The quantitative estimate of drug-likeness (QED) is 0.481. The molecule has 2 aromatic carbocycles. The molecule has 0 aliphatic carbocycles. The topological polar surface area (TPSA) is 45.7 Å². The Kier molecular flexibility index (Phi) is 3.88. The number of halogens is 1. The number of aromatic amines is 1. The van der Waals surface area contributed by atoms with Gasteiger partial charge in [-0.2, -0.15) is 4.98 Å². The molecular weight excluding hydrogens is 382 g/mol. The lowest BCUT2D eigenvalue weighted by atomic mass is 10.0. The van der Waals surface area contributed by atoms with E-state index in [1.807, 2.05) is 31.2 Å². The lowest BCUT2D eigenvalue weighted by molar-refractivity contribution is -0.361. The molecule has 0 amide bonds. The van der Waals surface area contributed by atoms with E-state index in [1.165, 1.54) is 0 Å². The van der Waals surface area contributed by atoms with E-state index in [-0.39, 0.29) is 0 Å². The van der Waals surface area contributed by atoms with Crippen LogP contribution in [0, 0.1) is 6.92 Å². The van der Waals surface area contributed by atoms with Crippen LogP contribution >= 0.6 is 15.9 Å². The highest BCUT2D eigenvalue weighted by Crippen LogP contribution is 2.40. The van der Waals surface area contributed by atoms with Crippen LogP contribution < -0.4 is 14.5 Å². The summed E-state index contributed by atoms with van der Waals surface area (Å²) in [5.74, 6) is 2.97. The Hall–Kier alpha value is -2.53. The number of benzene rings is 2. The average molecular weight is 399 g/mol. The molecule has 2 aliphatic rings. The third-order valence-electron chi connectivity index (χ3n) is 4.39. The van der Waals surface area contributed by atoms with E-state index in [0.717, 1.165) is 43.7 Å². The molecule has 0 aromatic heterocycles. The molecule has 4 rings (SSSR count). The minimum absolute atomic E-state index is 0.691. The summed E-state index contributed by atoms with van der Waals surface area (Å²) in [6, 6.07) is 14.2. The number of nitrogens with one attached hydrogen (secondary N) is 1. The average Bonchev–Trinajstić information content (AvgIpc) is 3.05. The summed E-state index contributed by atoms with van der Waals surface area (Å²) in [5, 5.41) is 2.07. The van der Waals surface area contributed by atoms with E-state index in [1.54, 1.807) is 14.2 Å². The van der Waals surface area contributed by atoms with Crippen molar-refractivity contribution in [1.29, 1.82) is 0 Å². The fourth-order valence-electron chi connectivity index (χ4n) is 3.10. The third-order valence-corrected chi connectivity index (χ3v) is 4.91. The molecule has 2 heterocycles. The van der Waals surface area contributed by atoms with Gasteiger partial charge < -0.3 is 13.9 Å². The first kappa shape index (κ1) is 16.0. The van der Waals surface area contributed by atoms with Crippen LogP contribution in [0.5, 0.6) is 11.5 Å². The Morgan fingerprint density at radius 2 is 1.56 bits per heavy atom. The van der Waals surface area contributed by atoms with Crippen molar-refractivity contribution in [2.75, 3.05) is 14.2 Å². The van der Waals surface area contributed by atoms with Crippen LogP contribution in [0.25, 0.3) is 33.5 Å². The number of methoxy groups -OCH3 is 2. The molecule has 0 spiro atoms. The van der Waals surface area contributed by atoms with Gasteiger partial charge in [-0.15, -0.1) is 0 Å². The van der Waals surface area contributed by atoms with Gasteiger partial charge in [0, 0.05) is 26.9 Å². The maximum Gasteiger partial charge on any atom is 0.380 e. The van der Waals surface area contributed by atoms with Gasteiger partial charge in [0.25, 0.3) is 0 Å². The van der Waals surface area contributed by atoms with Crippen LogP contribution in [-0.2, 0) is 0 Å². The summed E-state index contributed by atoms with van der Waals surface area (Å²) < 4.78 is 17.9. The Balaban J connectivity index is 1.99. The Bertz CT molecular complexity index is 1040. The van der Waals surface area contributed by atoms with Crippen molar-refractivity contribution in [2.45, 2.75) is 6.92 Å². The van der Waals surface area contributed by atoms with Gasteiger partial charge in [0.2, 0.25) is 5.69 Å². The number of rotatable bonds is 3. The Morgan fingerprint density at radius 3 is 2.20 bits per heavy atom. The second kappa shape index (κ2) is 6.08. The number of hydrogen-bond donors (Lipinski definition) is 0. The summed E-state index contributed by atoms with van der Waals surface area (Å²) in [7, 11) is 3.28. The highest BCUT2D eigenvalue weighted by Gasteiger charge is 2.25. The standard InChI is InChI=1S/C20H16BrNO3/c1-11-14-9-18(23-2)19(24-3)10-15(14)16-8-17(22-20(16)25-11)12-4-6-13(21)7-5-12/h4-10H,1-3H3/p+1. The second-order valence-electron chi connectivity index (χ2n) is 5.84. The summed E-state index contributed by atoms with van der Waals surface area (Å²) in [4.78, 5) is 3.38. The van der Waals surface area contributed by atoms with Crippen molar-refractivity contribution in [3.05, 3.63) is 52.7 Å². The molecule has 0 unspecified atom stereocenters. The van der Waals surface area contributed by atoms with Gasteiger partial charge in [-0.05, 0) is 43.3 Å². The number of aryl methyl sites for hydroxylation is 1. The van der Waals surface area contributed by atoms with E-state index in [2.05, 4.69) is 39.1 Å². The van der Waals surface area contributed by atoms with Crippen LogP contribution in [0.3, 0.4) is 0 Å². The van der Waals surface area contributed by atoms with E-state index in [0.29, 0.717) is 11.5 Å². The number of aromatic nitrogens is 1. The SMILES string of the molecule is COc1cc2c3cc(-c4ccc(Br)cc4)[nH+]c-3oc(C)c2cc1OC. The fraction of sp³-hybridized carbons (Fsp3) is 0.150. The van der Waals surface area contributed by atoms with Gasteiger partial charge in [0.05, 0.1) is 14.2 Å². The minimum atomic E-state index is 0.691. The number of hydrogen-bond acceptors (Lipinski definition) is 3. The zero-order chi connectivity index (χ0) is 17.6. The smallest absolute Gasteiger partial charge is 0.380 e. The Morgan fingerprint density at radius 1 is 0.920 bits per heavy atom. The van der Waals surface area contributed by atoms with Crippen LogP contribution in [0.1, 0.15) is 5.76 Å². The Labute approximate surface area is 153 Å². The normalized spacial score (nSPS) is 11.2. The van der Waals surface area contributed by atoms with E-state index in [4.69, 9.17) is 13.9 Å². The number of fused-ring (bicyclic) bond motifs is 3. The largest absolute Gasteiger partial charge is 0.493 e. The molecule has 0 saturated carbocycles. The molecule has 25 heavy (non-hydrogen) atoms. The molecule has 2 aliphatic heterocycles. The molecule has 0 radical (unpaired) electrons. The second-order valence-corrected chi connectivity index (χ2v) is 6.76. The minimum Gasteiger partial charge on any atom is -0.493 e. The van der Waals surface area contributed by atoms with E-state index in [9.17, 15) is 0 Å². The summed E-state index contributed by atoms with van der Waals surface area (Å²) >= 11 is 3.47. The summed E-state index contributed by atoms with van der Waals surface area (Å²) in [5.41, 5.74) is 3.12. The lowest BCUT2D eigenvalue weighted by Gasteiger charge is -2.11. The van der Waals surface area contributed by atoms with E-state index >= 15 is 0 Å². The molecule has 0 fully saturated rings. The molecule has 4 nitrogen and oxygen atoms in total. The molecular formula is C20H17BrNO3+.